The summed E-state index contributed by atoms with van der Waals surface area (Å²) in [7, 11) is 0. The number of hydrogen-bond donors (Lipinski definition) is 2. The first-order valence-corrected chi connectivity index (χ1v) is 11.3. The van der Waals surface area contributed by atoms with Crippen molar-refractivity contribution in [2.24, 2.45) is 0 Å². The number of amides is 3. The fraction of sp³-hybridized carbons (Fsp3) is 0.560. The Labute approximate surface area is 192 Å². The largest absolute Gasteiger partial charge is 0.444 e. The van der Waals surface area contributed by atoms with Crippen LogP contribution in [0.3, 0.4) is 0 Å². The number of carbonyl (C=O) groups is 3. The third kappa shape index (κ3) is 9.12. The smallest absolute Gasteiger partial charge is 0.408 e. The maximum absolute atomic E-state index is 13.2. The number of carbonyl (C=O) groups excluding carboxylic acids is 3. The van der Waals surface area contributed by atoms with E-state index >= 15 is 0 Å². The first kappa shape index (κ1) is 27.2. The standard InChI is InChI=1S/C25H39N3O4/c1-8-10-11-15-26-23(30)22(20-14-12-13-19(9-2)16-20)28(18(3)4)21(29)17-27-24(31)32-25(5,6)7/h9,12-14,16,18,22H,2,8,10-11,15,17H2,1,3-7H3,(H,26,30)(H,27,31). The molecule has 0 aliphatic rings. The lowest BCUT2D eigenvalue weighted by atomic mass is 10.00. The number of nitrogens with one attached hydrogen (secondary N) is 2. The third-order valence-electron chi connectivity index (χ3n) is 4.70. The summed E-state index contributed by atoms with van der Waals surface area (Å²) in [5.41, 5.74) is 0.876. The van der Waals surface area contributed by atoms with Gasteiger partial charge in [-0.2, -0.15) is 0 Å². The highest BCUT2D eigenvalue weighted by molar-refractivity contribution is 5.90. The predicted octanol–water partition coefficient (Wildman–Crippen LogP) is 4.44. The number of nitrogens with zero attached hydrogens (tertiary/aromatic N) is 1. The van der Waals surface area contributed by atoms with Crippen LogP contribution in [0, 0.1) is 0 Å². The fourth-order valence-electron chi connectivity index (χ4n) is 3.26. The Morgan fingerprint density at radius 3 is 2.41 bits per heavy atom. The number of unbranched alkanes of at least 4 members (excludes halogenated alkanes) is 2. The summed E-state index contributed by atoms with van der Waals surface area (Å²) in [5, 5.41) is 5.47. The number of ether oxygens (including phenoxy) is 1. The van der Waals surface area contributed by atoms with Crippen molar-refractivity contribution in [2.75, 3.05) is 13.1 Å². The molecule has 0 saturated carbocycles. The highest BCUT2D eigenvalue weighted by atomic mass is 16.6. The van der Waals surface area contributed by atoms with E-state index < -0.39 is 17.7 Å². The minimum atomic E-state index is -0.829. The molecule has 0 fully saturated rings. The van der Waals surface area contributed by atoms with Crippen LogP contribution in [-0.2, 0) is 14.3 Å². The average Bonchev–Trinajstić information content (AvgIpc) is 2.71. The van der Waals surface area contributed by atoms with Crippen LogP contribution in [0.5, 0.6) is 0 Å². The van der Waals surface area contributed by atoms with Gasteiger partial charge in [0.25, 0.3) is 0 Å². The normalized spacial score (nSPS) is 12.1. The Hall–Kier alpha value is -2.83. The van der Waals surface area contributed by atoms with Crippen molar-refractivity contribution >= 4 is 24.0 Å². The second-order valence-electron chi connectivity index (χ2n) is 9.03. The molecule has 32 heavy (non-hydrogen) atoms. The maximum Gasteiger partial charge on any atom is 0.408 e. The summed E-state index contributed by atoms with van der Waals surface area (Å²) in [6, 6.07) is 6.30. The van der Waals surface area contributed by atoms with Crippen LogP contribution in [0.2, 0.25) is 0 Å². The van der Waals surface area contributed by atoms with Gasteiger partial charge in [-0.1, -0.05) is 50.6 Å². The minimum absolute atomic E-state index is 0.248. The van der Waals surface area contributed by atoms with Crippen LogP contribution < -0.4 is 10.6 Å². The lowest BCUT2D eigenvalue weighted by Crippen LogP contribution is -2.50. The van der Waals surface area contributed by atoms with Crippen LogP contribution >= 0.6 is 0 Å². The van der Waals surface area contributed by atoms with E-state index in [1.165, 1.54) is 4.90 Å². The Morgan fingerprint density at radius 1 is 1.16 bits per heavy atom. The van der Waals surface area contributed by atoms with Crippen molar-refractivity contribution < 1.29 is 19.1 Å². The molecule has 1 aromatic carbocycles. The fourth-order valence-corrected chi connectivity index (χ4v) is 3.26. The maximum atomic E-state index is 13.2. The van der Waals surface area contributed by atoms with E-state index in [1.54, 1.807) is 26.8 Å². The molecule has 1 unspecified atom stereocenters. The highest BCUT2D eigenvalue weighted by Gasteiger charge is 2.33. The van der Waals surface area contributed by atoms with Gasteiger partial charge >= 0.3 is 6.09 Å². The molecular formula is C25H39N3O4. The SMILES string of the molecule is C=Cc1cccc(C(C(=O)NCCCCC)N(C(=O)CNC(=O)OC(C)(C)C)C(C)C)c1. The van der Waals surface area contributed by atoms with Gasteiger partial charge in [0.15, 0.2) is 0 Å². The topological polar surface area (TPSA) is 87.7 Å². The van der Waals surface area contributed by atoms with Gasteiger partial charge in [-0.15, -0.1) is 0 Å². The molecular weight excluding hydrogens is 406 g/mol. The summed E-state index contributed by atoms with van der Waals surface area (Å²) in [6.07, 6.45) is 3.96. The third-order valence-corrected chi connectivity index (χ3v) is 4.70. The van der Waals surface area contributed by atoms with E-state index in [0.717, 1.165) is 24.8 Å². The molecule has 2 N–H and O–H groups in total. The van der Waals surface area contributed by atoms with Crippen molar-refractivity contribution in [3.05, 3.63) is 42.0 Å². The first-order valence-electron chi connectivity index (χ1n) is 11.3. The molecule has 1 rings (SSSR count). The van der Waals surface area contributed by atoms with Crippen molar-refractivity contribution in [3.8, 4) is 0 Å². The van der Waals surface area contributed by atoms with Crippen molar-refractivity contribution in [1.82, 2.24) is 15.5 Å². The predicted molar refractivity (Wildman–Crippen MR) is 128 cm³/mol. The molecule has 0 aromatic heterocycles. The Kier molecular flexibility index (Phi) is 11.0. The highest BCUT2D eigenvalue weighted by Crippen LogP contribution is 2.25. The lowest BCUT2D eigenvalue weighted by molar-refractivity contribution is -0.142. The monoisotopic (exact) mass is 445 g/mol. The zero-order valence-corrected chi connectivity index (χ0v) is 20.4. The first-order chi connectivity index (χ1) is 15.0. The van der Waals surface area contributed by atoms with Gasteiger partial charge in [0, 0.05) is 12.6 Å². The van der Waals surface area contributed by atoms with E-state index in [2.05, 4.69) is 24.1 Å². The number of alkyl carbamates (subject to hydrolysis) is 1. The molecule has 0 bridgehead atoms. The van der Waals surface area contributed by atoms with E-state index in [4.69, 9.17) is 4.74 Å². The second kappa shape index (κ2) is 12.9. The van der Waals surface area contributed by atoms with E-state index in [1.807, 2.05) is 38.1 Å². The molecule has 7 nitrogen and oxygen atoms in total. The van der Waals surface area contributed by atoms with Crippen molar-refractivity contribution in [1.29, 1.82) is 0 Å². The van der Waals surface area contributed by atoms with Crippen LogP contribution in [0.15, 0.2) is 30.8 Å². The summed E-state index contributed by atoms with van der Waals surface area (Å²) in [6.45, 7) is 15.1. The van der Waals surface area contributed by atoms with E-state index in [9.17, 15) is 14.4 Å². The molecule has 0 spiro atoms. The molecule has 0 heterocycles. The van der Waals surface area contributed by atoms with Gasteiger partial charge in [-0.3, -0.25) is 9.59 Å². The second-order valence-corrected chi connectivity index (χ2v) is 9.03. The van der Waals surface area contributed by atoms with Gasteiger partial charge < -0.3 is 20.3 Å². The van der Waals surface area contributed by atoms with E-state index in [-0.39, 0.29) is 24.4 Å². The van der Waals surface area contributed by atoms with Crippen molar-refractivity contribution in [3.63, 3.8) is 0 Å². The summed E-state index contributed by atoms with van der Waals surface area (Å²) in [5.74, 6) is -0.620. The Bertz CT molecular complexity index is 784. The molecule has 3 amide bonds. The van der Waals surface area contributed by atoms with Crippen LogP contribution in [0.4, 0.5) is 4.79 Å². The minimum Gasteiger partial charge on any atom is -0.444 e. The van der Waals surface area contributed by atoms with Gasteiger partial charge in [-0.05, 0) is 58.2 Å². The summed E-state index contributed by atoms with van der Waals surface area (Å²) < 4.78 is 5.22. The van der Waals surface area contributed by atoms with Gasteiger partial charge in [0.1, 0.15) is 18.2 Å². The van der Waals surface area contributed by atoms with Gasteiger partial charge in [-0.25, -0.2) is 4.79 Å². The molecule has 0 aliphatic carbocycles. The van der Waals surface area contributed by atoms with Crippen molar-refractivity contribution in [2.45, 2.75) is 78.5 Å². The zero-order chi connectivity index (χ0) is 24.3. The molecule has 178 valence electrons. The molecule has 0 radical (unpaired) electrons. The number of rotatable bonds is 11. The Morgan fingerprint density at radius 2 is 1.84 bits per heavy atom. The number of benzene rings is 1. The molecule has 0 aliphatic heterocycles. The molecule has 1 aromatic rings. The van der Waals surface area contributed by atoms with E-state index in [0.29, 0.717) is 12.1 Å². The van der Waals surface area contributed by atoms with Crippen LogP contribution in [0.1, 0.15) is 78.0 Å². The van der Waals surface area contributed by atoms with Gasteiger partial charge in [0.05, 0.1) is 0 Å². The van der Waals surface area contributed by atoms with Crippen LogP contribution in [-0.4, -0.2) is 47.5 Å². The molecule has 7 heteroatoms. The average molecular weight is 446 g/mol. The summed E-state index contributed by atoms with van der Waals surface area (Å²) >= 11 is 0. The molecule has 1 atom stereocenters. The zero-order valence-electron chi connectivity index (χ0n) is 20.4. The number of hydrogen-bond acceptors (Lipinski definition) is 4. The summed E-state index contributed by atoms with van der Waals surface area (Å²) in [4.78, 5) is 39.9. The molecule has 0 saturated heterocycles. The lowest BCUT2D eigenvalue weighted by Gasteiger charge is -2.35. The Balaban J connectivity index is 3.14. The quantitative estimate of drug-likeness (QED) is 0.493. The van der Waals surface area contributed by atoms with Crippen LogP contribution in [0.25, 0.3) is 6.08 Å². The van der Waals surface area contributed by atoms with Gasteiger partial charge in [0.2, 0.25) is 11.8 Å².